The van der Waals surface area contributed by atoms with Crippen LogP contribution in [0.15, 0.2) is 66.8 Å². The van der Waals surface area contributed by atoms with E-state index in [2.05, 4.69) is 13.2 Å². The largest absolute Gasteiger partial charge is 0.478 e. The molecule has 0 aliphatic carbocycles. The first-order valence-corrected chi connectivity index (χ1v) is 7.03. The van der Waals surface area contributed by atoms with E-state index >= 15 is 0 Å². The molecule has 25 heavy (non-hydrogen) atoms. The predicted octanol–water partition coefficient (Wildman–Crippen LogP) is 1.81. The lowest BCUT2D eigenvalue weighted by Gasteiger charge is -2.12. The molecule has 2 rings (SSSR count). The van der Waals surface area contributed by atoms with Crippen LogP contribution in [0, 0.1) is 0 Å². The molecule has 1 aromatic rings. The molecule has 0 fully saturated rings. The number of anilines is 1. The zero-order chi connectivity index (χ0) is 19.6. The SMILES string of the molecule is C=C(C)C(=O)O.C=C(C)C(N)=O.O=C1C=CC(=O)N1c1ccccc1. The molecule has 0 atom stereocenters. The maximum Gasteiger partial charge on any atom is 0.330 e. The van der Waals surface area contributed by atoms with Crippen LogP contribution < -0.4 is 10.6 Å². The molecular formula is C18H20N2O5. The lowest BCUT2D eigenvalue weighted by atomic mass is 10.3. The summed E-state index contributed by atoms with van der Waals surface area (Å²) in [7, 11) is 0. The molecule has 0 saturated heterocycles. The van der Waals surface area contributed by atoms with E-state index in [1.165, 1.54) is 19.1 Å². The number of carboxylic acid groups (broad SMARTS) is 1. The quantitative estimate of drug-likeness (QED) is 0.640. The number of carboxylic acids is 1. The highest BCUT2D eigenvalue weighted by atomic mass is 16.4. The fourth-order valence-corrected chi connectivity index (χ4v) is 1.23. The Hall–Kier alpha value is -3.48. The van der Waals surface area contributed by atoms with Crippen molar-refractivity contribution in [3.05, 3.63) is 66.8 Å². The van der Waals surface area contributed by atoms with Crippen LogP contribution >= 0.6 is 0 Å². The van der Waals surface area contributed by atoms with Crippen LogP contribution in [0.1, 0.15) is 13.8 Å². The van der Waals surface area contributed by atoms with Crippen molar-refractivity contribution in [1.29, 1.82) is 0 Å². The summed E-state index contributed by atoms with van der Waals surface area (Å²) in [5.41, 5.74) is 5.88. The molecule has 0 aromatic heterocycles. The minimum absolute atomic E-state index is 0.176. The van der Waals surface area contributed by atoms with Gasteiger partial charge in [0.15, 0.2) is 0 Å². The highest BCUT2D eigenvalue weighted by Gasteiger charge is 2.24. The summed E-state index contributed by atoms with van der Waals surface area (Å²) in [6.07, 6.45) is 2.55. The molecule has 1 heterocycles. The second kappa shape index (κ2) is 10.3. The molecular weight excluding hydrogens is 324 g/mol. The van der Waals surface area contributed by atoms with Gasteiger partial charge in [-0.15, -0.1) is 0 Å². The van der Waals surface area contributed by atoms with Gasteiger partial charge in [0.25, 0.3) is 11.8 Å². The van der Waals surface area contributed by atoms with E-state index in [1.807, 2.05) is 6.07 Å². The minimum Gasteiger partial charge on any atom is -0.478 e. The van der Waals surface area contributed by atoms with Gasteiger partial charge in [-0.05, 0) is 26.0 Å². The van der Waals surface area contributed by atoms with Gasteiger partial charge in [-0.25, -0.2) is 9.69 Å². The van der Waals surface area contributed by atoms with E-state index in [4.69, 9.17) is 10.8 Å². The molecule has 7 nitrogen and oxygen atoms in total. The van der Waals surface area contributed by atoms with E-state index in [9.17, 15) is 19.2 Å². The smallest absolute Gasteiger partial charge is 0.330 e. The number of hydrogen-bond donors (Lipinski definition) is 2. The molecule has 132 valence electrons. The molecule has 0 unspecified atom stereocenters. The molecule has 1 aliphatic rings. The predicted molar refractivity (Wildman–Crippen MR) is 94.5 cm³/mol. The van der Waals surface area contributed by atoms with Crippen molar-refractivity contribution in [3.8, 4) is 0 Å². The monoisotopic (exact) mass is 344 g/mol. The van der Waals surface area contributed by atoms with Gasteiger partial charge in [-0.3, -0.25) is 14.4 Å². The summed E-state index contributed by atoms with van der Waals surface area (Å²) in [5, 5.41) is 7.89. The van der Waals surface area contributed by atoms with Gasteiger partial charge in [-0.2, -0.15) is 0 Å². The van der Waals surface area contributed by atoms with Gasteiger partial charge < -0.3 is 10.8 Å². The van der Waals surface area contributed by atoms with Crippen molar-refractivity contribution in [1.82, 2.24) is 0 Å². The van der Waals surface area contributed by atoms with E-state index in [1.54, 1.807) is 31.2 Å². The number of carbonyl (C=O) groups is 4. The van der Waals surface area contributed by atoms with Crippen LogP contribution in [-0.2, 0) is 19.2 Å². The summed E-state index contributed by atoms with van der Waals surface area (Å²) in [6.45, 7) is 9.45. The number of imide groups is 1. The molecule has 7 heteroatoms. The molecule has 0 radical (unpaired) electrons. The van der Waals surface area contributed by atoms with Crippen LogP contribution in [0.4, 0.5) is 5.69 Å². The van der Waals surface area contributed by atoms with Crippen molar-refractivity contribution in [2.45, 2.75) is 13.8 Å². The first kappa shape index (κ1) is 21.5. The number of hydrogen-bond acceptors (Lipinski definition) is 4. The number of nitrogens with zero attached hydrogens (tertiary/aromatic N) is 1. The number of rotatable bonds is 3. The number of primary amides is 1. The number of amides is 3. The van der Waals surface area contributed by atoms with Gasteiger partial charge in [0.1, 0.15) is 0 Å². The Morgan fingerprint density at radius 3 is 1.60 bits per heavy atom. The third-order valence-corrected chi connectivity index (χ3v) is 2.61. The van der Waals surface area contributed by atoms with Gasteiger partial charge in [0.2, 0.25) is 5.91 Å². The summed E-state index contributed by atoms with van der Waals surface area (Å²) in [5.74, 6) is -1.93. The molecule has 0 bridgehead atoms. The zero-order valence-electron chi connectivity index (χ0n) is 14.1. The molecule has 3 N–H and O–H groups in total. The number of benzene rings is 1. The first-order chi connectivity index (χ1) is 11.6. The zero-order valence-corrected chi connectivity index (χ0v) is 14.1. The second-order valence-electron chi connectivity index (χ2n) is 4.91. The average Bonchev–Trinajstić information content (AvgIpc) is 2.88. The Bertz CT molecular complexity index is 654. The average molecular weight is 344 g/mol. The third-order valence-electron chi connectivity index (χ3n) is 2.61. The fraction of sp³-hybridized carbons (Fsp3) is 0.111. The minimum atomic E-state index is -0.935. The Labute approximate surface area is 145 Å². The molecule has 1 aliphatic heterocycles. The number of carbonyl (C=O) groups excluding carboxylic acids is 3. The first-order valence-electron chi connectivity index (χ1n) is 7.03. The lowest BCUT2D eigenvalue weighted by Crippen LogP contribution is -2.29. The number of aliphatic carboxylic acids is 1. The number of para-hydroxylation sites is 1. The Balaban J connectivity index is 0.000000406. The van der Waals surface area contributed by atoms with Crippen LogP contribution in [0.25, 0.3) is 0 Å². The standard InChI is InChI=1S/C10H7NO2.C4H7NO.C4H6O2/c12-9-6-7-10(13)11(9)8-4-2-1-3-5-8;2*1-3(2)4(5)6/h1-7H;1H2,2H3,(H2,5,6);1H2,2H3,(H,5,6). The topological polar surface area (TPSA) is 118 Å². The molecule has 1 aromatic carbocycles. The molecule has 0 saturated carbocycles. The van der Waals surface area contributed by atoms with E-state index in [-0.39, 0.29) is 17.4 Å². The Morgan fingerprint density at radius 1 is 0.960 bits per heavy atom. The van der Waals surface area contributed by atoms with Crippen molar-refractivity contribution in [2.24, 2.45) is 5.73 Å². The van der Waals surface area contributed by atoms with Crippen molar-refractivity contribution in [3.63, 3.8) is 0 Å². The van der Waals surface area contributed by atoms with Crippen LogP contribution in [0.5, 0.6) is 0 Å². The summed E-state index contributed by atoms with van der Waals surface area (Å²) in [6, 6.07) is 8.86. The molecule has 3 amide bonds. The van der Waals surface area contributed by atoms with Crippen LogP contribution in [0.2, 0.25) is 0 Å². The number of nitrogens with two attached hydrogens (primary N) is 1. The van der Waals surface area contributed by atoms with Crippen molar-refractivity contribution in [2.75, 3.05) is 4.90 Å². The molecule has 0 spiro atoms. The third kappa shape index (κ3) is 8.08. The fourth-order valence-electron chi connectivity index (χ4n) is 1.23. The van der Waals surface area contributed by atoms with E-state index < -0.39 is 11.9 Å². The van der Waals surface area contributed by atoms with Gasteiger partial charge in [-0.1, -0.05) is 31.4 Å². The van der Waals surface area contributed by atoms with Crippen LogP contribution in [0.3, 0.4) is 0 Å². The lowest BCUT2D eigenvalue weighted by molar-refractivity contribution is -0.132. The maximum atomic E-state index is 11.2. The Kier molecular flexibility index (Phi) is 8.89. The Morgan fingerprint density at radius 2 is 1.32 bits per heavy atom. The maximum absolute atomic E-state index is 11.2. The van der Waals surface area contributed by atoms with Crippen molar-refractivity contribution >= 4 is 29.4 Å². The normalized spacial score (nSPS) is 11.7. The van der Waals surface area contributed by atoms with E-state index in [0.717, 1.165) is 4.90 Å². The highest BCUT2D eigenvalue weighted by molar-refractivity contribution is 6.28. The summed E-state index contributed by atoms with van der Waals surface area (Å²) < 4.78 is 0. The summed E-state index contributed by atoms with van der Waals surface area (Å²) in [4.78, 5) is 43.0. The summed E-state index contributed by atoms with van der Waals surface area (Å²) >= 11 is 0. The van der Waals surface area contributed by atoms with Gasteiger partial charge >= 0.3 is 5.97 Å². The van der Waals surface area contributed by atoms with Gasteiger partial charge in [0, 0.05) is 23.3 Å². The van der Waals surface area contributed by atoms with Gasteiger partial charge in [0.05, 0.1) is 5.69 Å². The van der Waals surface area contributed by atoms with Crippen LogP contribution in [-0.4, -0.2) is 28.8 Å². The van der Waals surface area contributed by atoms with Crippen molar-refractivity contribution < 1.29 is 24.3 Å². The highest BCUT2D eigenvalue weighted by Crippen LogP contribution is 2.17. The second-order valence-corrected chi connectivity index (χ2v) is 4.91. The van der Waals surface area contributed by atoms with E-state index in [0.29, 0.717) is 11.3 Å².